The molecule has 0 aromatic rings. The van der Waals surface area contributed by atoms with Gasteiger partial charge in [-0.25, -0.2) is 0 Å². The molecule has 1 fully saturated rings. The lowest BCUT2D eigenvalue weighted by atomic mass is 9.89. The molecule has 86 valence electrons. The Morgan fingerprint density at radius 1 is 1.47 bits per heavy atom. The first kappa shape index (κ1) is 12.0. The summed E-state index contributed by atoms with van der Waals surface area (Å²) >= 11 is 0. The number of hydrogen-bond acceptors (Lipinski definition) is 3. The molecule has 1 saturated heterocycles. The average molecular weight is 214 g/mol. The lowest BCUT2D eigenvalue weighted by Crippen LogP contribution is -2.27. The van der Waals surface area contributed by atoms with Gasteiger partial charge in [0.25, 0.3) is 0 Å². The van der Waals surface area contributed by atoms with Gasteiger partial charge in [0.1, 0.15) is 12.0 Å². The van der Waals surface area contributed by atoms with Gasteiger partial charge in [0, 0.05) is 0 Å². The van der Waals surface area contributed by atoms with Crippen molar-refractivity contribution in [2.24, 2.45) is 11.8 Å². The van der Waals surface area contributed by atoms with Crippen molar-refractivity contribution < 1.29 is 19.4 Å². The molecule has 0 amide bonds. The lowest BCUT2D eigenvalue weighted by molar-refractivity contribution is -0.144. The summed E-state index contributed by atoms with van der Waals surface area (Å²) in [5.41, 5.74) is 0. The quantitative estimate of drug-likeness (QED) is 0.560. The molecule has 0 radical (unpaired) electrons. The second-order valence-electron chi connectivity index (χ2n) is 4.12. The summed E-state index contributed by atoms with van der Waals surface area (Å²) < 4.78 is 5.07. The van der Waals surface area contributed by atoms with E-state index in [0.717, 1.165) is 19.3 Å². The van der Waals surface area contributed by atoms with E-state index in [1.54, 1.807) is 6.92 Å². The Morgan fingerprint density at radius 2 is 2.13 bits per heavy atom. The molecule has 4 heteroatoms. The number of esters is 1. The van der Waals surface area contributed by atoms with Crippen LogP contribution in [0.1, 0.15) is 39.5 Å². The first-order chi connectivity index (χ1) is 7.07. The predicted molar refractivity (Wildman–Crippen MR) is 54.3 cm³/mol. The minimum atomic E-state index is -0.921. The Hall–Kier alpha value is -1.06. The van der Waals surface area contributed by atoms with E-state index in [9.17, 15) is 9.59 Å². The normalized spacial score (nSPS) is 30.3. The van der Waals surface area contributed by atoms with Gasteiger partial charge >= 0.3 is 11.9 Å². The average Bonchev–Trinajstić information content (AvgIpc) is 2.43. The highest BCUT2D eigenvalue weighted by atomic mass is 16.6. The van der Waals surface area contributed by atoms with E-state index < -0.39 is 23.9 Å². The maximum absolute atomic E-state index is 11.2. The maximum Gasteiger partial charge on any atom is 0.311 e. The fourth-order valence-electron chi connectivity index (χ4n) is 2.01. The highest BCUT2D eigenvalue weighted by Gasteiger charge is 2.45. The van der Waals surface area contributed by atoms with Gasteiger partial charge in [0.2, 0.25) is 0 Å². The molecule has 3 atom stereocenters. The van der Waals surface area contributed by atoms with Gasteiger partial charge in [-0.3, -0.25) is 9.59 Å². The van der Waals surface area contributed by atoms with E-state index in [1.165, 1.54) is 0 Å². The summed E-state index contributed by atoms with van der Waals surface area (Å²) in [6.07, 6.45) is 3.30. The first-order valence-electron chi connectivity index (χ1n) is 5.51. The van der Waals surface area contributed by atoms with Crippen LogP contribution in [-0.4, -0.2) is 23.1 Å². The van der Waals surface area contributed by atoms with E-state index in [-0.39, 0.29) is 5.97 Å². The van der Waals surface area contributed by atoms with Crippen molar-refractivity contribution in [3.05, 3.63) is 0 Å². The van der Waals surface area contributed by atoms with E-state index in [2.05, 4.69) is 6.92 Å². The molecule has 1 aliphatic heterocycles. The highest BCUT2D eigenvalue weighted by Crippen LogP contribution is 2.31. The fraction of sp³-hybridized carbons (Fsp3) is 0.818. The molecule has 0 bridgehead atoms. The van der Waals surface area contributed by atoms with Crippen LogP contribution in [0.5, 0.6) is 0 Å². The lowest BCUT2D eigenvalue weighted by Gasteiger charge is -2.14. The number of carbonyl (C=O) groups excluding carboxylic acids is 1. The molecule has 15 heavy (non-hydrogen) atoms. The SMILES string of the molecule is CCCCC[C@@H]1OC(=O)[C@H](C)[C@H]1C(=O)O. The number of carboxylic acids is 1. The number of unbranched alkanes of at least 4 members (excludes halogenated alkanes) is 2. The number of aliphatic carboxylic acids is 1. The molecule has 1 N–H and O–H groups in total. The van der Waals surface area contributed by atoms with Crippen LogP contribution < -0.4 is 0 Å². The number of ether oxygens (including phenoxy) is 1. The number of rotatable bonds is 5. The monoisotopic (exact) mass is 214 g/mol. The van der Waals surface area contributed by atoms with Gasteiger partial charge in [-0.05, 0) is 12.8 Å². The van der Waals surface area contributed by atoms with Gasteiger partial charge in [0.15, 0.2) is 0 Å². The summed E-state index contributed by atoms with van der Waals surface area (Å²) in [7, 11) is 0. The molecule has 1 heterocycles. The zero-order valence-corrected chi connectivity index (χ0v) is 9.23. The minimum absolute atomic E-state index is 0.371. The predicted octanol–water partition coefficient (Wildman–Crippen LogP) is 1.83. The molecular formula is C11H18O4. The van der Waals surface area contributed by atoms with Crippen molar-refractivity contribution >= 4 is 11.9 Å². The smallest absolute Gasteiger partial charge is 0.311 e. The second-order valence-corrected chi connectivity index (χ2v) is 4.12. The van der Waals surface area contributed by atoms with Crippen molar-refractivity contribution in [1.82, 2.24) is 0 Å². The van der Waals surface area contributed by atoms with Crippen molar-refractivity contribution in [2.75, 3.05) is 0 Å². The molecule has 1 rings (SSSR count). The number of carbonyl (C=O) groups is 2. The van der Waals surface area contributed by atoms with Gasteiger partial charge in [-0.15, -0.1) is 0 Å². The van der Waals surface area contributed by atoms with E-state index >= 15 is 0 Å². The number of cyclic esters (lactones) is 1. The Morgan fingerprint density at radius 3 is 2.67 bits per heavy atom. The summed E-state index contributed by atoms with van der Waals surface area (Å²) in [4.78, 5) is 22.2. The molecular weight excluding hydrogens is 196 g/mol. The van der Waals surface area contributed by atoms with Crippen LogP contribution in [0.15, 0.2) is 0 Å². The second kappa shape index (κ2) is 5.14. The minimum Gasteiger partial charge on any atom is -0.481 e. The van der Waals surface area contributed by atoms with Crippen LogP contribution >= 0.6 is 0 Å². The van der Waals surface area contributed by atoms with E-state index in [4.69, 9.17) is 9.84 Å². The molecule has 4 nitrogen and oxygen atoms in total. The standard InChI is InChI=1S/C11H18O4/c1-3-4-5-6-8-9(10(12)13)7(2)11(14)15-8/h7-9H,3-6H2,1-2H3,(H,12,13)/t7-,8+,9-/m1/s1. The molecule has 1 aliphatic rings. The van der Waals surface area contributed by atoms with Crippen LogP contribution in [0.4, 0.5) is 0 Å². The van der Waals surface area contributed by atoms with Crippen molar-refractivity contribution in [2.45, 2.75) is 45.6 Å². The summed E-state index contributed by atoms with van der Waals surface area (Å²) in [6.45, 7) is 3.71. The molecule has 0 spiro atoms. The van der Waals surface area contributed by atoms with Crippen LogP contribution in [0.25, 0.3) is 0 Å². The fourth-order valence-corrected chi connectivity index (χ4v) is 2.01. The zero-order valence-electron chi connectivity index (χ0n) is 9.23. The van der Waals surface area contributed by atoms with Gasteiger partial charge in [-0.1, -0.05) is 26.7 Å². The third-order valence-corrected chi connectivity index (χ3v) is 2.96. The van der Waals surface area contributed by atoms with Crippen molar-refractivity contribution in [3.8, 4) is 0 Å². The molecule has 0 aromatic heterocycles. The third-order valence-electron chi connectivity index (χ3n) is 2.96. The van der Waals surface area contributed by atoms with Crippen LogP contribution in [-0.2, 0) is 14.3 Å². The largest absolute Gasteiger partial charge is 0.481 e. The summed E-state index contributed by atoms with van der Waals surface area (Å²) in [5.74, 6) is -2.46. The molecule has 0 aliphatic carbocycles. The van der Waals surface area contributed by atoms with Crippen molar-refractivity contribution in [1.29, 1.82) is 0 Å². The van der Waals surface area contributed by atoms with Gasteiger partial charge in [-0.2, -0.15) is 0 Å². The van der Waals surface area contributed by atoms with Crippen LogP contribution in [0.2, 0.25) is 0 Å². The Labute approximate surface area is 89.6 Å². The van der Waals surface area contributed by atoms with Gasteiger partial charge in [0.05, 0.1) is 5.92 Å². The highest BCUT2D eigenvalue weighted by molar-refractivity contribution is 5.84. The zero-order chi connectivity index (χ0) is 11.4. The van der Waals surface area contributed by atoms with Crippen LogP contribution in [0, 0.1) is 11.8 Å². The molecule has 0 aromatic carbocycles. The number of hydrogen-bond donors (Lipinski definition) is 1. The van der Waals surface area contributed by atoms with Crippen molar-refractivity contribution in [3.63, 3.8) is 0 Å². The molecule has 0 unspecified atom stereocenters. The summed E-state index contributed by atoms with van der Waals surface area (Å²) in [5, 5.41) is 9.00. The van der Waals surface area contributed by atoms with E-state index in [1.807, 2.05) is 0 Å². The Kier molecular flexibility index (Phi) is 4.12. The Bertz CT molecular complexity index is 249. The van der Waals surface area contributed by atoms with Gasteiger partial charge < -0.3 is 9.84 Å². The summed E-state index contributed by atoms with van der Waals surface area (Å²) in [6, 6.07) is 0. The Balaban J connectivity index is 2.55. The first-order valence-corrected chi connectivity index (χ1v) is 5.51. The topological polar surface area (TPSA) is 63.6 Å². The van der Waals surface area contributed by atoms with Crippen LogP contribution in [0.3, 0.4) is 0 Å². The maximum atomic E-state index is 11.2. The number of carboxylic acid groups (broad SMARTS) is 1. The van der Waals surface area contributed by atoms with E-state index in [0.29, 0.717) is 6.42 Å². The third kappa shape index (κ3) is 2.70. The molecule has 0 saturated carbocycles.